The third kappa shape index (κ3) is 3.24. The average Bonchev–Trinajstić information content (AvgIpc) is 3.03. The fourth-order valence-electron chi connectivity index (χ4n) is 2.42. The van der Waals surface area contributed by atoms with Gasteiger partial charge in [-0.05, 0) is 26.8 Å². The Morgan fingerprint density at radius 1 is 1.24 bits per heavy atom. The summed E-state index contributed by atoms with van der Waals surface area (Å²) < 4.78 is 11.5. The number of para-hydroxylation sites is 1. The minimum Gasteiger partial charge on any atom is -0.492 e. The number of aromatic nitrogens is 2. The van der Waals surface area contributed by atoms with Crippen LogP contribution in [0.25, 0.3) is 0 Å². The van der Waals surface area contributed by atoms with Gasteiger partial charge in [0.15, 0.2) is 0 Å². The zero-order chi connectivity index (χ0) is 14.9. The van der Waals surface area contributed by atoms with Crippen LogP contribution in [0.4, 0.5) is 0 Å². The second-order valence-corrected chi connectivity index (χ2v) is 6.36. The molecule has 0 bridgehead atoms. The predicted molar refractivity (Wildman–Crippen MR) is 79.5 cm³/mol. The van der Waals surface area contributed by atoms with E-state index in [-0.39, 0.29) is 11.5 Å². The topological polar surface area (TPSA) is 60.2 Å². The number of hydrogen-bond donors (Lipinski definition) is 1. The molecule has 0 spiro atoms. The summed E-state index contributed by atoms with van der Waals surface area (Å²) in [5, 5.41) is 11.7. The molecule has 1 aromatic heterocycles. The van der Waals surface area contributed by atoms with Crippen molar-refractivity contribution in [3.05, 3.63) is 41.6 Å². The molecule has 0 fully saturated rings. The van der Waals surface area contributed by atoms with Crippen molar-refractivity contribution in [2.75, 3.05) is 13.2 Å². The number of ether oxygens (including phenoxy) is 1. The van der Waals surface area contributed by atoms with Crippen molar-refractivity contribution in [1.82, 2.24) is 15.5 Å². The molecule has 5 heteroatoms. The number of benzene rings is 1. The van der Waals surface area contributed by atoms with Crippen molar-refractivity contribution >= 4 is 0 Å². The predicted octanol–water partition coefficient (Wildman–Crippen LogP) is 2.52. The summed E-state index contributed by atoms with van der Waals surface area (Å²) in [6.07, 6.45) is 0.736. The second-order valence-electron chi connectivity index (χ2n) is 6.36. The van der Waals surface area contributed by atoms with Gasteiger partial charge in [0, 0.05) is 24.1 Å². The summed E-state index contributed by atoms with van der Waals surface area (Å²) >= 11 is 0. The SMILES string of the molecule is CC(C)(C)NCCc1nnc(C2COc3ccccc32)o1. The minimum atomic E-state index is 0.0537. The van der Waals surface area contributed by atoms with Gasteiger partial charge in [-0.1, -0.05) is 18.2 Å². The molecule has 112 valence electrons. The lowest BCUT2D eigenvalue weighted by Gasteiger charge is -2.19. The Balaban J connectivity index is 1.66. The fourth-order valence-corrected chi connectivity index (χ4v) is 2.42. The standard InChI is InChI=1S/C16H21N3O2/c1-16(2,3)17-9-8-14-18-19-15(21-14)12-10-20-13-7-5-4-6-11(12)13/h4-7,12,17H,8-10H2,1-3H3. The van der Waals surface area contributed by atoms with Crippen molar-refractivity contribution in [3.63, 3.8) is 0 Å². The fraction of sp³-hybridized carbons (Fsp3) is 0.500. The highest BCUT2D eigenvalue weighted by atomic mass is 16.5. The van der Waals surface area contributed by atoms with E-state index in [9.17, 15) is 0 Å². The molecule has 1 aliphatic rings. The molecule has 1 atom stereocenters. The molecule has 0 saturated heterocycles. The molecular formula is C16H21N3O2. The largest absolute Gasteiger partial charge is 0.492 e. The van der Waals surface area contributed by atoms with Crippen LogP contribution in [0.5, 0.6) is 5.75 Å². The van der Waals surface area contributed by atoms with Crippen LogP contribution in [0.2, 0.25) is 0 Å². The van der Waals surface area contributed by atoms with Crippen LogP contribution in [-0.2, 0) is 6.42 Å². The van der Waals surface area contributed by atoms with E-state index < -0.39 is 0 Å². The lowest BCUT2D eigenvalue weighted by atomic mass is 10.0. The van der Waals surface area contributed by atoms with Crippen molar-refractivity contribution in [2.45, 2.75) is 38.6 Å². The molecule has 1 unspecified atom stereocenters. The first kappa shape index (κ1) is 14.1. The Labute approximate surface area is 124 Å². The van der Waals surface area contributed by atoms with Crippen molar-refractivity contribution < 1.29 is 9.15 Å². The van der Waals surface area contributed by atoms with Crippen LogP contribution >= 0.6 is 0 Å². The van der Waals surface area contributed by atoms with Crippen molar-refractivity contribution in [1.29, 1.82) is 0 Å². The molecule has 0 radical (unpaired) electrons. The maximum absolute atomic E-state index is 5.80. The Bertz CT molecular complexity index is 616. The molecular weight excluding hydrogens is 266 g/mol. The smallest absolute Gasteiger partial charge is 0.227 e. The van der Waals surface area contributed by atoms with E-state index in [1.165, 1.54) is 0 Å². The average molecular weight is 287 g/mol. The highest BCUT2D eigenvalue weighted by Gasteiger charge is 2.29. The van der Waals surface area contributed by atoms with E-state index in [2.05, 4.69) is 42.4 Å². The number of hydrogen-bond acceptors (Lipinski definition) is 5. The Hall–Kier alpha value is -1.88. The Morgan fingerprint density at radius 3 is 2.86 bits per heavy atom. The van der Waals surface area contributed by atoms with Gasteiger partial charge in [-0.2, -0.15) is 0 Å². The number of nitrogens with zero attached hydrogens (tertiary/aromatic N) is 2. The lowest BCUT2D eigenvalue weighted by molar-refractivity contribution is 0.320. The van der Waals surface area contributed by atoms with Crippen molar-refractivity contribution in [3.8, 4) is 5.75 Å². The Morgan fingerprint density at radius 2 is 2.05 bits per heavy atom. The zero-order valence-electron chi connectivity index (χ0n) is 12.7. The van der Waals surface area contributed by atoms with E-state index in [1.54, 1.807) is 0 Å². The third-order valence-corrected chi connectivity index (χ3v) is 3.47. The van der Waals surface area contributed by atoms with E-state index >= 15 is 0 Å². The highest BCUT2D eigenvalue weighted by molar-refractivity contribution is 5.42. The maximum atomic E-state index is 5.80. The molecule has 5 nitrogen and oxygen atoms in total. The van der Waals surface area contributed by atoms with E-state index in [4.69, 9.17) is 9.15 Å². The van der Waals surface area contributed by atoms with Gasteiger partial charge < -0.3 is 14.5 Å². The van der Waals surface area contributed by atoms with Crippen LogP contribution in [-0.4, -0.2) is 28.9 Å². The first-order valence-corrected chi connectivity index (χ1v) is 7.32. The summed E-state index contributed by atoms with van der Waals surface area (Å²) in [5.74, 6) is 2.28. The van der Waals surface area contributed by atoms with Crippen LogP contribution in [0.3, 0.4) is 0 Å². The molecule has 3 rings (SSSR count). The molecule has 2 heterocycles. The van der Waals surface area contributed by atoms with Crippen LogP contribution < -0.4 is 10.1 Å². The highest BCUT2D eigenvalue weighted by Crippen LogP contribution is 2.37. The summed E-state index contributed by atoms with van der Waals surface area (Å²) in [6, 6.07) is 8.00. The molecule has 1 aromatic carbocycles. The van der Waals surface area contributed by atoms with Gasteiger partial charge in [-0.3, -0.25) is 0 Å². The number of nitrogens with one attached hydrogen (secondary N) is 1. The monoisotopic (exact) mass is 287 g/mol. The van der Waals surface area contributed by atoms with Crippen LogP contribution in [0.1, 0.15) is 44.0 Å². The molecule has 2 aromatic rings. The Kier molecular flexibility index (Phi) is 3.68. The summed E-state index contributed by atoms with van der Waals surface area (Å²) in [7, 11) is 0. The maximum Gasteiger partial charge on any atom is 0.227 e. The molecule has 21 heavy (non-hydrogen) atoms. The zero-order valence-corrected chi connectivity index (χ0v) is 12.7. The van der Waals surface area contributed by atoms with Gasteiger partial charge in [0.05, 0.1) is 5.92 Å². The molecule has 0 amide bonds. The molecule has 0 aliphatic carbocycles. The normalized spacial score (nSPS) is 17.6. The summed E-state index contributed by atoms with van der Waals surface area (Å²) in [6.45, 7) is 7.81. The van der Waals surface area contributed by atoms with E-state index in [0.29, 0.717) is 18.4 Å². The van der Waals surface area contributed by atoms with Crippen LogP contribution in [0.15, 0.2) is 28.7 Å². The number of rotatable bonds is 4. The second kappa shape index (κ2) is 5.48. The van der Waals surface area contributed by atoms with Gasteiger partial charge in [0.25, 0.3) is 0 Å². The summed E-state index contributed by atoms with van der Waals surface area (Å²) in [5.41, 5.74) is 1.22. The van der Waals surface area contributed by atoms with Gasteiger partial charge in [-0.25, -0.2) is 0 Å². The molecule has 1 aliphatic heterocycles. The van der Waals surface area contributed by atoms with E-state index in [0.717, 1.165) is 24.3 Å². The molecule has 1 N–H and O–H groups in total. The van der Waals surface area contributed by atoms with E-state index in [1.807, 2.05) is 18.2 Å². The first-order chi connectivity index (χ1) is 10.0. The van der Waals surface area contributed by atoms with Gasteiger partial charge >= 0.3 is 0 Å². The number of fused-ring (bicyclic) bond motifs is 1. The van der Waals surface area contributed by atoms with Gasteiger partial charge in [-0.15, -0.1) is 10.2 Å². The third-order valence-electron chi connectivity index (χ3n) is 3.47. The van der Waals surface area contributed by atoms with Crippen molar-refractivity contribution in [2.24, 2.45) is 0 Å². The first-order valence-electron chi connectivity index (χ1n) is 7.32. The van der Waals surface area contributed by atoms with Gasteiger partial charge in [0.2, 0.25) is 11.8 Å². The quantitative estimate of drug-likeness (QED) is 0.936. The minimum absolute atomic E-state index is 0.0537. The van der Waals surface area contributed by atoms with Gasteiger partial charge in [0.1, 0.15) is 12.4 Å². The molecule has 0 saturated carbocycles. The van der Waals surface area contributed by atoms with Crippen LogP contribution in [0, 0.1) is 0 Å². The lowest BCUT2D eigenvalue weighted by Crippen LogP contribution is -2.37. The summed E-state index contributed by atoms with van der Waals surface area (Å²) in [4.78, 5) is 0.